The number of amides is 2. The third kappa shape index (κ3) is 4.40. The van der Waals surface area contributed by atoms with Crippen molar-refractivity contribution < 1.29 is 19.1 Å². The van der Waals surface area contributed by atoms with Gasteiger partial charge in [0.05, 0.1) is 11.8 Å². The third-order valence-electron chi connectivity index (χ3n) is 6.54. The molecule has 2 aromatic rings. The highest BCUT2D eigenvalue weighted by Crippen LogP contribution is 2.37. The number of para-hydroxylation sites is 1. The first-order valence-corrected chi connectivity index (χ1v) is 11.3. The van der Waals surface area contributed by atoms with Crippen molar-refractivity contribution in [1.82, 2.24) is 4.90 Å². The predicted octanol–water partition coefficient (Wildman–Crippen LogP) is 3.75. The van der Waals surface area contributed by atoms with Gasteiger partial charge in [0.1, 0.15) is 0 Å². The highest BCUT2D eigenvalue weighted by atomic mass is 16.5. The fourth-order valence-electron chi connectivity index (χ4n) is 4.80. The molecule has 0 N–H and O–H groups in total. The summed E-state index contributed by atoms with van der Waals surface area (Å²) in [5, 5.41) is 0. The number of ether oxygens (including phenoxy) is 1. The van der Waals surface area contributed by atoms with E-state index in [1.54, 1.807) is 26.2 Å². The van der Waals surface area contributed by atoms with Crippen LogP contribution in [-0.2, 0) is 25.5 Å². The van der Waals surface area contributed by atoms with Gasteiger partial charge in [-0.25, -0.2) is 0 Å². The molecule has 4 rings (SSSR count). The minimum absolute atomic E-state index is 0.00760. The molecule has 3 unspecified atom stereocenters. The van der Waals surface area contributed by atoms with E-state index < -0.39 is 23.9 Å². The Morgan fingerprint density at radius 2 is 1.59 bits per heavy atom. The van der Waals surface area contributed by atoms with Crippen LogP contribution in [0.1, 0.15) is 42.9 Å². The van der Waals surface area contributed by atoms with Crippen molar-refractivity contribution >= 4 is 23.5 Å². The molecule has 1 heterocycles. The van der Waals surface area contributed by atoms with Crippen LogP contribution in [0.5, 0.6) is 0 Å². The maximum absolute atomic E-state index is 13.5. The number of likely N-dealkylation sites (N-methyl/N-ethyl adjacent to an activating group) is 1. The minimum Gasteiger partial charge on any atom is -0.447 e. The molecular formula is C26H30N2O4. The van der Waals surface area contributed by atoms with Crippen molar-refractivity contribution in [2.45, 2.75) is 38.2 Å². The van der Waals surface area contributed by atoms with E-state index in [4.69, 9.17) is 4.74 Å². The normalized spacial score (nSPS) is 20.9. The Labute approximate surface area is 189 Å². The molecule has 0 spiro atoms. The van der Waals surface area contributed by atoms with E-state index in [2.05, 4.69) is 0 Å². The summed E-state index contributed by atoms with van der Waals surface area (Å²) in [4.78, 5) is 42.9. The number of anilines is 1. The Morgan fingerprint density at radius 3 is 2.31 bits per heavy atom. The monoisotopic (exact) mass is 434 g/mol. The van der Waals surface area contributed by atoms with Crippen LogP contribution >= 0.6 is 0 Å². The van der Waals surface area contributed by atoms with E-state index in [9.17, 15) is 14.4 Å². The number of hydrogen-bond acceptors (Lipinski definition) is 4. The van der Waals surface area contributed by atoms with Gasteiger partial charge in [0.2, 0.25) is 12.0 Å². The smallest absolute Gasteiger partial charge is 0.310 e. The van der Waals surface area contributed by atoms with Gasteiger partial charge in [-0.3, -0.25) is 14.4 Å². The molecule has 2 aromatic carbocycles. The average molecular weight is 435 g/mol. The number of nitrogens with zero attached hydrogens (tertiary/aromatic N) is 2. The summed E-state index contributed by atoms with van der Waals surface area (Å²) in [6, 6.07) is 17.0. The first-order chi connectivity index (χ1) is 15.5. The lowest BCUT2D eigenvalue weighted by Crippen LogP contribution is -2.43. The highest BCUT2D eigenvalue weighted by molar-refractivity contribution is 5.99. The van der Waals surface area contributed by atoms with Crippen LogP contribution in [0.3, 0.4) is 0 Å². The van der Waals surface area contributed by atoms with Crippen molar-refractivity contribution in [2.75, 3.05) is 25.5 Å². The van der Waals surface area contributed by atoms with E-state index in [-0.39, 0.29) is 11.8 Å². The summed E-state index contributed by atoms with van der Waals surface area (Å²) in [5.41, 5.74) is 2.74. The number of hydrogen-bond donors (Lipinski definition) is 0. The van der Waals surface area contributed by atoms with Gasteiger partial charge in [-0.15, -0.1) is 0 Å². The number of carbonyl (C=O) groups is 3. The molecule has 0 saturated heterocycles. The van der Waals surface area contributed by atoms with E-state index in [0.29, 0.717) is 24.9 Å². The Kier molecular flexibility index (Phi) is 6.58. The van der Waals surface area contributed by atoms with Crippen LogP contribution in [0.15, 0.2) is 54.6 Å². The number of rotatable bonds is 5. The quantitative estimate of drug-likeness (QED) is 0.672. The first-order valence-electron chi connectivity index (χ1n) is 11.3. The second-order valence-corrected chi connectivity index (χ2v) is 8.83. The van der Waals surface area contributed by atoms with Crippen LogP contribution in [0.4, 0.5) is 5.69 Å². The van der Waals surface area contributed by atoms with Crippen LogP contribution in [0, 0.1) is 11.8 Å². The predicted molar refractivity (Wildman–Crippen MR) is 122 cm³/mol. The molecule has 1 saturated carbocycles. The summed E-state index contributed by atoms with van der Waals surface area (Å²) < 4.78 is 5.81. The van der Waals surface area contributed by atoms with E-state index in [1.165, 1.54) is 4.90 Å². The number of carbonyl (C=O) groups excluding carboxylic acids is 3. The highest BCUT2D eigenvalue weighted by Gasteiger charge is 2.42. The van der Waals surface area contributed by atoms with Gasteiger partial charge >= 0.3 is 5.97 Å². The van der Waals surface area contributed by atoms with Crippen LogP contribution in [0.2, 0.25) is 0 Å². The Morgan fingerprint density at radius 1 is 0.938 bits per heavy atom. The first kappa shape index (κ1) is 22.1. The fourth-order valence-corrected chi connectivity index (χ4v) is 4.80. The lowest BCUT2D eigenvalue weighted by molar-refractivity contribution is -0.166. The molecule has 2 amide bonds. The lowest BCUT2D eigenvalue weighted by Gasteiger charge is -2.33. The molecule has 0 radical (unpaired) electrons. The summed E-state index contributed by atoms with van der Waals surface area (Å²) in [6.45, 7) is 0.641. The van der Waals surface area contributed by atoms with Gasteiger partial charge in [-0.1, -0.05) is 61.4 Å². The number of esters is 1. The zero-order chi connectivity index (χ0) is 22.7. The fraction of sp³-hybridized carbons (Fsp3) is 0.423. The second kappa shape index (κ2) is 9.55. The Balaban J connectivity index is 1.54. The van der Waals surface area contributed by atoms with Crippen LogP contribution in [-0.4, -0.2) is 43.3 Å². The third-order valence-corrected chi connectivity index (χ3v) is 6.54. The van der Waals surface area contributed by atoms with Crippen molar-refractivity contribution in [2.24, 2.45) is 11.8 Å². The van der Waals surface area contributed by atoms with E-state index in [1.807, 2.05) is 47.4 Å². The largest absolute Gasteiger partial charge is 0.447 e. The van der Waals surface area contributed by atoms with Crippen LogP contribution < -0.4 is 4.90 Å². The van der Waals surface area contributed by atoms with E-state index >= 15 is 0 Å². The second-order valence-electron chi connectivity index (χ2n) is 8.83. The summed E-state index contributed by atoms with van der Waals surface area (Å²) >= 11 is 0. The molecule has 1 aliphatic heterocycles. The average Bonchev–Trinajstić information content (AvgIpc) is 3.26. The summed E-state index contributed by atoms with van der Waals surface area (Å²) in [7, 11) is 3.29. The molecule has 0 bridgehead atoms. The molecule has 0 aromatic heterocycles. The Hall–Kier alpha value is -3.15. The molecule has 3 atom stereocenters. The molecule has 2 aliphatic rings. The van der Waals surface area contributed by atoms with Crippen molar-refractivity contribution in [3.05, 3.63) is 65.7 Å². The lowest BCUT2D eigenvalue weighted by atomic mass is 9.78. The van der Waals surface area contributed by atoms with Crippen molar-refractivity contribution in [1.29, 1.82) is 0 Å². The van der Waals surface area contributed by atoms with Crippen LogP contribution in [0.25, 0.3) is 0 Å². The van der Waals surface area contributed by atoms with Crippen molar-refractivity contribution in [3.63, 3.8) is 0 Å². The molecule has 1 fully saturated rings. The zero-order valence-corrected chi connectivity index (χ0v) is 18.7. The number of benzene rings is 2. The molecule has 6 heteroatoms. The number of fused-ring (bicyclic) bond motifs is 1. The Bertz CT molecular complexity index is 988. The molecule has 6 nitrogen and oxygen atoms in total. The van der Waals surface area contributed by atoms with Gasteiger partial charge in [0.25, 0.3) is 5.91 Å². The zero-order valence-electron chi connectivity index (χ0n) is 18.7. The van der Waals surface area contributed by atoms with E-state index in [0.717, 1.165) is 30.5 Å². The summed E-state index contributed by atoms with van der Waals surface area (Å²) in [5.74, 6) is -1.72. The molecular weight excluding hydrogens is 404 g/mol. The maximum Gasteiger partial charge on any atom is 0.310 e. The van der Waals surface area contributed by atoms with Gasteiger partial charge in [-0.05, 0) is 30.9 Å². The minimum atomic E-state index is -1.01. The van der Waals surface area contributed by atoms with Gasteiger partial charge < -0.3 is 14.5 Å². The van der Waals surface area contributed by atoms with Gasteiger partial charge in [0, 0.05) is 31.9 Å². The van der Waals surface area contributed by atoms with Crippen molar-refractivity contribution in [3.8, 4) is 0 Å². The molecule has 1 aliphatic carbocycles. The SMILES string of the molecule is CN(C)C(=O)C(OC(=O)C1CCCCC1C(=O)N1CCc2ccccc21)c1ccccc1. The van der Waals surface area contributed by atoms with Gasteiger partial charge in [0.15, 0.2) is 0 Å². The summed E-state index contributed by atoms with van der Waals surface area (Å²) in [6.07, 6.45) is 2.87. The standard InChI is InChI=1S/C26H30N2O4/c1-27(2)25(30)23(19-11-4-3-5-12-19)32-26(31)21-14-8-7-13-20(21)24(29)28-17-16-18-10-6-9-15-22(18)28/h3-6,9-12,15,20-21,23H,7-8,13-14,16-17H2,1-2H3. The maximum atomic E-state index is 13.5. The van der Waals surface area contributed by atoms with Gasteiger partial charge in [-0.2, -0.15) is 0 Å². The molecule has 168 valence electrons. The molecule has 32 heavy (non-hydrogen) atoms. The topological polar surface area (TPSA) is 66.9 Å².